The van der Waals surface area contributed by atoms with Gasteiger partial charge in [-0.3, -0.25) is 0 Å². The summed E-state index contributed by atoms with van der Waals surface area (Å²) in [4.78, 5) is 4.10. The van der Waals surface area contributed by atoms with Gasteiger partial charge >= 0.3 is 0 Å². The molecule has 4 nitrogen and oxygen atoms in total. The molecular formula is C50H30N4S2. The van der Waals surface area contributed by atoms with E-state index in [0.717, 1.165) is 44.9 Å². The Morgan fingerprint density at radius 2 is 0.821 bits per heavy atom. The van der Waals surface area contributed by atoms with E-state index in [4.69, 9.17) is 0 Å². The van der Waals surface area contributed by atoms with E-state index in [2.05, 4.69) is 173 Å². The minimum Gasteiger partial charge on any atom is -0.310 e. The minimum absolute atomic E-state index is 0.885. The maximum absolute atomic E-state index is 4.66. The molecule has 0 saturated carbocycles. The summed E-state index contributed by atoms with van der Waals surface area (Å²) in [5.41, 5.74) is 8.33. The number of nitrogens with zero attached hydrogens (tertiary/aromatic N) is 4. The molecule has 0 aliphatic rings. The van der Waals surface area contributed by atoms with Gasteiger partial charge < -0.3 is 4.90 Å². The minimum atomic E-state index is 0.885. The van der Waals surface area contributed by atoms with Gasteiger partial charge in [0.25, 0.3) is 0 Å². The molecule has 0 saturated heterocycles. The van der Waals surface area contributed by atoms with Crippen molar-refractivity contribution in [2.45, 2.75) is 0 Å². The van der Waals surface area contributed by atoms with Gasteiger partial charge in [0.2, 0.25) is 0 Å². The van der Waals surface area contributed by atoms with Crippen molar-refractivity contribution in [3.8, 4) is 16.8 Å². The highest BCUT2D eigenvalue weighted by atomic mass is 32.1. The Morgan fingerprint density at radius 1 is 0.375 bits per heavy atom. The van der Waals surface area contributed by atoms with E-state index >= 15 is 0 Å². The lowest BCUT2D eigenvalue weighted by Crippen LogP contribution is -2.10. The van der Waals surface area contributed by atoms with Crippen molar-refractivity contribution in [2.24, 2.45) is 0 Å². The molecule has 12 aromatic rings. The SMILES string of the molecule is c1ccc2nn(-c3ccc(-c4ccc(N(c5ccc6c(ccc7c8ccccc8sc67)c5)c5ccc6c(ccc7c8ccccc8sc67)c5)cc4)cc3)nc2c1. The Labute approximate surface area is 329 Å². The number of rotatable bonds is 5. The number of hydrogen-bond donors (Lipinski definition) is 0. The average molecular weight is 751 g/mol. The molecule has 0 radical (unpaired) electrons. The first-order valence-electron chi connectivity index (χ1n) is 18.7. The van der Waals surface area contributed by atoms with Crippen molar-refractivity contribution in [1.82, 2.24) is 15.0 Å². The third-order valence-electron chi connectivity index (χ3n) is 11.0. The van der Waals surface area contributed by atoms with Crippen molar-refractivity contribution < 1.29 is 0 Å². The predicted molar refractivity (Wildman–Crippen MR) is 240 cm³/mol. The second-order valence-electron chi connectivity index (χ2n) is 14.3. The fourth-order valence-corrected chi connectivity index (χ4v) is 10.8. The molecular weight excluding hydrogens is 721 g/mol. The van der Waals surface area contributed by atoms with Crippen LogP contribution in [0.3, 0.4) is 0 Å². The zero-order valence-electron chi connectivity index (χ0n) is 29.9. The van der Waals surface area contributed by atoms with Crippen LogP contribution in [0.15, 0.2) is 182 Å². The topological polar surface area (TPSA) is 34.0 Å². The summed E-state index contributed by atoms with van der Waals surface area (Å²) in [5.74, 6) is 0. The maximum atomic E-state index is 4.66. The molecule has 0 aliphatic carbocycles. The van der Waals surface area contributed by atoms with Crippen LogP contribution in [0.2, 0.25) is 0 Å². The zero-order chi connectivity index (χ0) is 36.7. The Kier molecular flexibility index (Phi) is 6.93. The number of anilines is 3. The number of hydrogen-bond acceptors (Lipinski definition) is 5. The van der Waals surface area contributed by atoms with Crippen LogP contribution in [0.25, 0.3) is 89.7 Å². The van der Waals surface area contributed by atoms with Crippen LogP contribution >= 0.6 is 22.7 Å². The summed E-state index contributed by atoms with van der Waals surface area (Å²) in [6.45, 7) is 0. The normalized spacial score (nSPS) is 11.9. The largest absolute Gasteiger partial charge is 0.310 e. The van der Waals surface area contributed by atoms with E-state index in [0.29, 0.717) is 0 Å². The van der Waals surface area contributed by atoms with E-state index in [1.165, 1.54) is 61.9 Å². The summed E-state index contributed by atoms with van der Waals surface area (Å²) in [7, 11) is 0. The van der Waals surface area contributed by atoms with Crippen LogP contribution in [-0.2, 0) is 0 Å². The van der Waals surface area contributed by atoms with Crippen LogP contribution < -0.4 is 4.90 Å². The lowest BCUT2D eigenvalue weighted by Gasteiger charge is -2.26. The maximum Gasteiger partial charge on any atom is 0.113 e. The Balaban J connectivity index is 0.964. The molecule has 0 aliphatic heterocycles. The van der Waals surface area contributed by atoms with Gasteiger partial charge in [-0.25, -0.2) is 0 Å². The monoisotopic (exact) mass is 750 g/mol. The number of thiophene rings is 2. The molecule has 12 rings (SSSR count). The van der Waals surface area contributed by atoms with Gasteiger partial charge in [0, 0.05) is 57.4 Å². The molecule has 6 heteroatoms. The highest BCUT2D eigenvalue weighted by Gasteiger charge is 2.17. The fourth-order valence-electron chi connectivity index (χ4n) is 8.29. The van der Waals surface area contributed by atoms with E-state index < -0.39 is 0 Å². The molecule has 3 aromatic heterocycles. The molecule has 0 unspecified atom stereocenters. The van der Waals surface area contributed by atoms with Gasteiger partial charge in [-0.1, -0.05) is 109 Å². The van der Waals surface area contributed by atoms with E-state index in [1.54, 1.807) is 4.80 Å². The molecule has 0 atom stereocenters. The van der Waals surface area contributed by atoms with Crippen molar-refractivity contribution >= 4 is 113 Å². The number of fused-ring (bicyclic) bond motifs is 11. The summed E-state index contributed by atoms with van der Waals surface area (Å²) in [6, 6.07) is 65.8. The molecule has 262 valence electrons. The second-order valence-corrected chi connectivity index (χ2v) is 16.4. The third-order valence-corrected chi connectivity index (χ3v) is 13.5. The van der Waals surface area contributed by atoms with Crippen LogP contribution in [0.1, 0.15) is 0 Å². The van der Waals surface area contributed by atoms with Crippen LogP contribution in [0.4, 0.5) is 17.1 Å². The zero-order valence-corrected chi connectivity index (χ0v) is 31.6. The van der Waals surface area contributed by atoms with Crippen LogP contribution in [0.5, 0.6) is 0 Å². The third kappa shape index (κ3) is 4.97. The summed E-state index contributed by atoms with van der Waals surface area (Å²) in [5, 5.41) is 19.7. The second kappa shape index (κ2) is 12.3. The van der Waals surface area contributed by atoms with Gasteiger partial charge in [0.15, 0.2) is 0 Å². The van der Waals surface area contributed by atoms with Gasteiger partial charge in [0.1, 0.15) is 11.0 Å². The Hall–Kier alpha value is -6.86. The smallest absolute Gasteiger partial charge is 0.113 e. The predicted octanol–water partition coefficient (Wildman–Crippen LogP) is 14.6. The lowest BCUT2D eigenvalue weighted by molar-refractivity contribution is 0.766. The highest BCUT2D eigenvalue weighted by Crippen LogP contribution is 2.44. The molecule has 0 bridgehead atoms. The Morgan fingerprint density at radius 3 is 1.36 bits per heavy atom. The van der Waals surface area contributed by atoms with Crippen LogP contribution in [-0.4, -0.2) is 15.0 Å². The molecule has 0 spiro atoms. The van der Waals surface area contributed by atoms with E-state index in [-0.39, 0.29) is 0 Å². The van der Waals surface area contributed by atoms with E-state index in [9.17, 15) is 0 Å². The standard InChI is InChI=1S/C50H30N4S2/c1-5-11-47-41(7-1)43-25-17-33-29-37(23-27-39(33)49(43)55-47)53(38-24-28-40-34(30-38)18-26-44-42-8-2-6-12-48(42)56-50(40)44)35-19-13-31(14-20-35)32-15-21-36(22-16-32)54-51-45-9-3-4-10-46(45)52-54/h1-30H. The summed E-state index contributed by atoms with van der Waals surface area (Å²) >= 11 is 3.76. The quantitative estimate of drug-likeness (QED) is 0.176. The number of aromatic nitrogens is 3. The number of benzene rings is 9. The van der Waals surface area contributed by atoms with Crippen molar-refractivity contribution in [1.29, 1.82) is 0 Å². The van der Waals surface area contributed by atoms with Gasteiger partial charge in [-0.15, -0.1) is 32.9 Å². The first kappa shape index (κ1) is 31.5. The van der Waals surface area contributed by atoms with Crippen molar-refractivity contribution in [3.63, 3.8) is 0 Å². The molecule has 3 heterocycles. The highest BCUT2D eigenvalue weighted by molar-refractivity contribution is 7.27. The molecule has 56 heavy (non-hydrogen) atoms. The molecule has 0 amide bonds. The first-order chi connectivity index (χ1) is 27.7. The summed E-state index contributed by atoms with van der Waals surface area (Å²) < 4.78 is 5.33. The molecule has 9 aromatic carbocycles. The molecule has 0 N–H and O–H groups in total. The average Bonchev–Trinajstić information content (AvgIpc) is 3.98. The first-order valence-corrected chi connectivity index (χ1v) is 20.4. The van der Waals surface area contributed by atoms with Gasteiger partial charge in [-0.05, 0) is 105 Å². The van der Waals surface area contributed by atoms with Gasteiger partial charge in [0.05, 0.1) is 5.69 Å². The van der Waals surface area contributed by atoms with Crippen molar-refractivity contribution in [3.05, 3.63) is 182 Å². The van der Waals surface area contributed by atoms with Crippen LogP contribution in [0, 0.1) is 0 Å². The molecule has 0 fully saturated rings. The lowest BCUT2D eigenvalue weighted by atomic mass is 10.0. The Bertz CT molecular complexity index is 3300. The van der Waals surface area contributed by atoms with Gasteiger partial charge in [-0.2, -0.15) is 4.80 Å². The van der Waals surface area contributed by atoms with Crippen molar-refractivity contribution in [2.75, 3.05) is 4.90 Å². The van der Waals surface area contributed by atoms with E-state index in [1.807, 2.05) is 46.9 Å². The fraction of sp³-hybridized carbons (Fsp3) is 0. The summed E-state index contributed by atoms with van der Waals surface area (Å²) in [6.07, 6.45) is 0.